The van der Waals surface area contributed by atoms with Gasteiger partial charge in [-0.2, -0.15) is 0 Å². The van der Waals surface area contributed by atoms with E-state index in [0.717, 1.165) is 70.9 Å². The molecule has 0 saturated carbocycles. The molecule has 14 heteroatoms. The van der Waals surface area contributed by atoms with Gasteiger partial charge in [-0.1, -0.05) is 93.1 Å². The highest BCUT2D eigenvalue weighted by atomic mass is 31.2. The van der Waals surface area contributed by atoms with Crippen molar-refractivity contribution in [3.8, 4) is 23.0 Å². The molecule has 0 amide bonds. The Kier molecular flexibility index (Phi) is 22.5. The van der Waals surface area contributed by atoms with Crippen molar-refractivity contribution in [3.63, 3.8) is 0 Å². The van der Waals surface area contributed by atoms with Crippen LogP contribution in [-0.4, -0.2) is 103 Å². The van der Waals surface area contributed by atoms with Crippen LogP contribution in [0.1, 0.15) is 62.8 Å². The molecule has 0 aliphatic carbocycles. The number of halogens is 1. The zero-order chi connectivity index (χ0) is 46.5. The molecule has 6 atom stereocenters. The van der Waals surface area contributed by atoms with Crippen LogP contribution in [0, 0.1) is 11.8 Å². The van der Waals surface area contributed by atoms with Crippen LogP contribution in [0.2, 0.25) is 0 Å². The second-order valence-electron chi connectivity index (χ2n) is 16.8. The maximum Gasteiger partial charge on any atom is 0.510 e. The van der Waals surface area contributed by atoms with E-state index < -0.39 is 32.6 Å². The largest absolute Gasteiger partial charge is 0.510 e. The number of likely N-dealkylation sites (N-methyl/N-ethyl adjacent to an activating group) is 2. The van der Waals surface area contributed by atoms with E-state index in [2.05, 4.69) is 16.9 Å². The lowest BCUT2D eigenvalue weighted by atomic mass is 10.0. The maximum atomic E-state index is 14.7. The van der Waals surface area contributed by atoms with Crippen LogP contribution >= 0.6 is 7.82 Å². The summed E-state index contributed by atoms with van der Waals surface area (Å²) in [4.78, 5) is 3.91. The highest BCUT2D eigenvalue weighted by Crippen LogP contribution is 2.54. The molecule has 0 unspecified atom stereocenters. The van der Waals surface area contributed by atoms with Gasteiger partial charge in [-0.05, 0) is 130 Å². The molecule has 0 aromatic heterocycles. The smallest absolute Gasteiger partial charge is 0.497 e. The van der Waals surface area contributed by atoms with Crippen molar-refractivity contribution in [1.29, 1.82) is 0 Å². The number of para-hydroxylation sites is 2. The summed E-state index contributed by atoms with van der Waals surface area (Å²) in [5.74, 6) is 2.40. The Balaban J connectivity index is 1.47. The fraction of sp³-hybridized carbons (Fsp3) is 0.520. The molecule has 12 nitrogen and oxygen atoms in total. The third kappa shape index (κ3) is 17.7. The number of aryl methyl sites for hydroxylation is 4. The van der Waals surface area contributed by atoms with E-state index in [1.165, 1.54) is 0 Å². The van der Waals surface area contributed by atoms with Gasteiger partial charge in [0.2, 0.25) is 0 Å². The van der Waals surface area contributed by atoms with E-state index >= 15 is 0 Å². The minimum absolute atomic E-state index is 0.140. The summed E-state index contributed by atoms with van der Waals surface area (Å²) in [5.41, 5.74) is 4.38. The maximum absolute atomic E-state index is 14.7. The van der Waals surface area contributed by atoms with Gasteiger partial charge >= 0.3 is 7.82 Å². The molecule has 4 aromatic rings. The number of phosphoric ester groups is 1. The number of hydrogen-bond donors (Lipinski definition) is 0. The second-order valence-corrected chi connectivity index (χ2v) is 18.3. The van der Waals surface area contributed by atoms with Gasteiger partial charge in [-0.15, -0.1) is 0 Å². The van der Waals surface area contributed by atoms with Crippen LogP contribution in [-0.2, 0) is 53.5 Å². The Labute approximate surface area is 381 Å². The van der Waals surface area contributed by atoms with E-state index in [1.807, 2.05) is 151 Å². The molecule has 0 spiro atoms. The summed E-state index contributed by atoms with van der Waals surface area (Å²) in [6, 6.07) is 31.8. The Bertz CT molecular complexity index is 1850. The number of methoxy groups -OCH3 is 2. The summed E-state index contributed by atoms with van der Waals surface area (Å²) in [5, 5.41) is 0. The lowest BCUT2D eigenvalue weighted by molar-refractivity contribution is -0.209. The fourth-order valence-electron chi connectivity index (χ4n) is 6.97. The van der Waals surface area contributed by atoms with Crippen molar-refractivity contribution >= 4 is 7.82 Å². The summed E-state index contributed by atoms with van der Waals surface area (Å²) < 4.78 is 81.6. The van der Waals surface area contributed by atoms with Gasteiger partial charge in [0.15, 0.2) is 12.6 Å². The summed E-state index contributed by atoms with van der Waals surface area (Å²) in [7, 11) is 6.06. The van der Waals surface area contributed by atoms with Crippen LogP contribution in [0.25, 0.3) is 0 Å². The van der Waals surface area contributed by atoms with Gasteiger partial charge in [0.1, 0.15) is 48.4 Å². The van der Waals surface area contributed by atoms with E-state index in [0.29, 0.717) is 25.9 Å². The number of benzene rings is 4. The molecule has 354 valence electrons. The van der Waals surface area contributed by atoms with Crippen molar-refractivity contribution in [3.05, 3.63) is 119 Å². The van der Waals surface area contributed by atoms with E-state index in [1.54, 1.807) is 14.2 Å². The molecule has 0 saturated heterocycles. The molecule has 4 aromatic carbocycles. The fourth-order valence-corrected chi connectivity index (χ4v) is 8.11. The highest BCUT2D eigenvalue weighted by Gasteiger charge is 2.41. The van der Waals surface area contributed by atoms with Crippen molar-refractivity contribution in [2.75, 3.05) is 68.7 Å². The highest BCUT2D eigenvalue weighted by molar-refractivity contribution is 7.48. The second kappa shape index (κ2) is 27.4. The van der Waals surface area contributed by atoms with Crippen molar-refractivity contribution in [1.82, 2.24) is 9.80 Å². The Morgan fingerprint density at radius 2 is 0.984 bits per heavy atom. The van der Waals surface area contributed by atoms with Crippen LogP contribution in [0.4, 0.5) is 4.53 Å². The van der Waals surface area contributed by atoms with Crippen molar-refractivity contribution in [2.45, 2.75) is 91.0 Å². The van der Waals surface area contributed by atoms with Crippen LogP contribution in [0.5, 0.6) is 23.0 Å². The topological polar surface area (TPSA) is 107 Å². The Morgan fingerprint density at radius 1 is 0.578 bits per heavy atom. The summed E-state index contributed by atoms with van der Waals surface area (Å²) in [6.45, 7) is 8.76. The van der Waals surface area contributed by atoms with Gasteiger partial charge in [0, 0.05) is 24.9 Å². The molecule has 0 heterocycles. The quantitative estimate of drug-likeness (QED) is 0.0354. The Hall–Kier alpha value is -4.04. The van der Waals surface area contributed by atoms with Gasteiger partial charge in [-0.3, -0.25) is 9.05 Å². The summed E-state index contributed by atoms with van der Waals surface area (Å²) >= 11 is 0. The molecular weight excluding hydrogens is 839 g/mol. The van der Waals surface area contributed by atoms with E-state index in [9.17, 15) is 9.09 Å². The van der Waals surface area contributed by atoms with E-state index in [-0.39, 0.29) is 25.0 Å². The van der Waals surface area contributed by atoms with Crippen molar-refractivity contribution in [2.24, 2.45) is 11.8 Å². The van der Waals surface area contributed by atoms with Crippen LogP contribution in [0.15, 0.2) is 97.1 Å². The normalized spacial score (nSPS) is 14.8. The molecular formula is C50H72FN2O10P. The van der Waals surface area contributed by atoms with E-state index in [4.69, 9.17) is 37.5 Å². The molecule has 0 aliphatic rings. The molecule has 64 heavy (non-hydrogen) atoms. The standard InChI is InChI=1S/C50H72FN2O10P/c1-11-37(3)49(59-45(33-52(5)6)35-57-47-25-15-13-21-41(47)29-27-39-19-17-23-43(31-39)55-9)61-64(54,63-51)62-50(38(4)12-2)60-46(34-53(7)8)36-58-48-26-16-14-22-42(48)30-28-40-20-18-24-44(32-40)56-10/h13-26,31-32,37-38,45-46,49-50H,11-12,27-30,33-36H2,1-10H3/t37-,38-,45+,46+,49-,50-/m1/s1. The average molecular weight is 911 g/mol. The zero-order valence-electron chi connectivity index (χ0n) is 39.6. The average Bonchev–Trinajstić information content (AvgIpc) is 3.30. The molecule has 4 rings (SSSR count). The monoisotopic (exact) mass is 910 g/mol. The van der Waals surface area contributed by atoms with Crippen LogP contribution < -0.4 is 18.9 Å². The van der Waals surface area contributed by atoms with Crippen molar-refractivity contribution < 1.29 is 51.3 Å². The first-order valence-corrected chi connectivity index (χ1v) is 23.8. The third-order valence-corrected chi connectivity index (χ3v) is 12.1. The van der Waals surface area contributed by atoms with Gasteiger partial charge in [0.25, 0.3) is 0 Å². The first-order chi connectivity index (χ1) is 30.8. The Morgan fingerprint density at radius 3 is 1.34 bits per heavy atom. The molecule has 0 radical (unpaired) electrons. The zero-order valence-corrected chi connectivity index (χ0v) is 40.5. The number of nitrogens with zero attached hydrogens (tertiary/aromatic N) is 2. The predicted molar refractivity (Wildman–Crippen MR) is 250 cm³/mol. The number of phosphoric acid groups is 1. The number of rotatable bonds is 31. The lowest BCUT2D eigenvalue weighted by Crippen LogP contribution is -2.40. The number of hydrogen-bond acceptors (Lipinski definition) is 12. The predicted octanol–water partition coefficient (Wildman–Crippen LogP) is 10.4. The molecule has 0 aliphatic heterocycles. The SMILES string of the molecule is CC[C@@H](C)[C@H](O[C@H](COc1ccccc1CCc1cccc(OC)c1)CN(C)C)OP(=O)(OF)O[C@@H](O[C@H](COc1ccccc1CCc1cccc(OC)c1)CN(C)C)[C@H](C)CC. The van der Waals surface area contributed by atoms with Crippen LogP contribution in [0.3, 0.4) is 0 Å². The first kappa shape index (κ1) is 52.6. The van der Waals surface area contributed by atoms with Gasteiger partial charge in [0.05, 0.1) is 14.2 Å². The first-order valence-electron chi connectivity index (χ1n) is 22.3. The molecule has 0 fully saturated rings. The number of ether oxygens (including phenoxy) is 6. The molecule has 0 N–H and O–H groups in total. The minimum atomic E-state index is -4.93. The van der Waals surface area contributed by atoms with Gasteiger partial charge < -0.3 is 38.2 Å². The lowest BCUT2D eigenvalue weighted by Gasteiger charge is -2.34. The minimum Gasteiger partial charge on any atom is -0.497 e. The van der Waals surface area contributed by atoms with Gasteiger partial charge in [-0.25, -0.2) is 4.57 Å². The molecule has 0 bridgehead atoms. The summed E-state index contributed by atoms with van der Waals surface area (Å²) in [6.07, 6.45) is 0.686. The third-order valence-electron chi connectivity index (χ3n) is 11.0.